The zero-order chi connectivity index (χ0) is 18.8. The molecule has 4 bridgehead atoms. The highest BCUT2D eigenvalue weighted by atomic mass is 16.5. The van der Waals surface area contributed by atoms with Crippen LogP contribution < -0.4 is 5.32 Å². The summed E-state index contributed by atoms with van der Waals surface area (Å²) in [4.78, 5) is 17.7. The number of carbonyl (C=O) groups excluding carboxylic acids is 1. The number of ether oxygens (including phenoxy) is 1. The van der Waals surface area contributed by atoms with Gasteiger partial charge in [0.15, 0.2) is 5.65 Å². The Morgan fingerprint density at radius 1 is 1.37 bits per heavy atom. The quantitative estimate of drug-likeness (QED) is 0.857. The largest absolute Gasteiger partial charge is 0.390 e. The van der Waals surface area contributed by atoms with E-state index < -0.39 is 5.60 Å². The maximum atomic E-state index is 13.1. The van der Waals surface area contributed by atoms with E-state index in [-0.39, 0.29) is 11.9 Å². The molecule has 2 aromatic heterocycles. The van der Waals surface area contributed by atoms with E-state index in [4.69, 9.17) is 4.74 Å². The van der Waals surface area contributed by atoms with Gasteiger partial charge in [-0.1, -0.05) is 0 Å². The summed E-state index contributed by atoms with van der Waals surface area (Å²) < 4.78 is 6.89. The Labute approximate surface area is 158 Å². The first-order valence-electron chi connectivity index (χ1n) is 9.82. The fourth-order valence-corrected chi connectivity index (χ4v) is 6.01. The third-order valence-corrected chi connectivity index (χ3v) is 6.78. The number of hydrogen-bond donors (Lipinski definition) is 2. The van der Waals surface area contributed by atoms with Crippen LogP contribution in [0.3, 0.4) is 0 Å². The Kier molecular flexibility index (Phi) is 3.81. The van der Waals surface area contributed by atoms with Crippen molar-refractivity contribution in [3.8, 4) is 0 Å². The van der Waals surface area contributed by atoms with Crippen molar-refractivity contribution in [2.45, 2.75) is 57.3 Å². The number of fused-ring (bicyclic) bond motifs is 1. The van der Waals surface area contributed by atoms with Crippen LogP contribution in [0.5, 0.6) is 0 Å². The average molecular weight is 370 g/mol. The number of nitrogens with zero attached hydrogens (tertiary/aromatic N) is 3. The highest BCUT2D eigenvalue weighted by Gasteiger charge is 2.55. The number of carbonyl (C=O) groups is 1. The summed E-state index contributed by atoms with van der Waals surface area (Å²) >= 11 is 0. The molecule has 0 aliphatic heterocycles. The number of aliphatic hydroxyl groups is 1. The number of methoxy groups -OCH3 is 1. The molecular formula is C20H26N4O3. The monoisotopic (exact) mass is 370 g/mol. The van der Waals surface area contributed by atoms with Gasteiger partial charge in [-0.25, -0.2) is 9.50 Å². The highest BCUT2D eigenvalue weighted by Crippen LogP contribution is 2.55. The van der Waals surface area contributed by atoms with Gasteiger partial charge >= 0.3 is 0 Å². The van der Waals surface area contributed by atoms with Gasteiger partial charge in [-0.3, -0.25) is 4.79 Å². The molecule has 2 N–H and O–H groups in total. The Hall–Kier alpha value is -1.99. The summed E-state index contributed by atoms with van der Waals surface area (Å²) in [6.45, 7) is 2.34. The normalized spacial score (nSPS) is 34.3. The summed E-state index contributed by atoms with van der Waals surface area (Å²) in [5, 5.41) is 18.4. The van der Waals surface area contributed by atoms with Crippen LogP contribution >= 0.6 is 0 Å². The van der Waals surface area contributed by atoms with Crippen molar-refractivity contribution in [2.24, 2.45) is 17.8 Å². The van der Waals surface area contributed by atoms with Gasteiger partial charge in [0.1, 0.15) is 5.56 Å². The first-order chi connectivity index (χ1) is 13.0. The zero-order valence-corrected chi connectivity index (χ0v) is 15.8. The molecule has 7 heteroatoms. The molecule has 2 unspecified atom stereocenters. The number of nitrogens with one attached hydrogen (secondary N) is 1. The molecule has 0 aromatic carbocycles. The number of rotatable bonds is 4. The minimum absolute atomic E-state index is 0.115. The van der Waals surface area contributed by atoms with Crippen LogP contribution in [0.2, 0.25) is 0 Å². The topological polar surface area (TPSA) is 88.8 Å². The van der Waals surface area contributed by atoms with Crippen LogP contribution in [0.4, 0.5) is 0 Å². The lowest BCUT2D eigenvalue weighted by Gasteiger charge is -2.58. The van der Waals surface area contributed by atoms with E-state index in [0.29, 0.717) is 35.6 Å². The lowest BCUT2D eigenvalue weighted by molar-refractivity contribution is -0.136. The Balaban J connectivity index is 1.42. The molecule has 27 heavy (non-hydrogen) atoms. The van der Waals surface area contributed by atoms with Crippen LogP contribution in [-0.2, 0) is 11.3 Å². The van der Waals surface area contributed by atoms with Crippen LogP contribution in [-0.4, -0.2) is 44.4 Å². The zero-order valence-electron chi connectivity index (χ0n) is 15.8. The van der Waals surface area contributed by atoms with Crippen molar-refractivity contribution in [2.75, 3.05) is 7.11 Å². The average Bonchev–Trinajstić information content (AvgIpc) is 3.01. The van der Waals surface area contributed by atoms with Gasteiger partial charge < -0.3 is 15.2 Å². The van der Waals surface area contributed by atoms with Crippen molar-refractivity contribution in [3.63, 3.8) is 0 Å². The standard InChI is InChI=1S/C20H26N4O3/c1-11-3-15(10-27-2)22-18-16(9-21-24(11)18)19(25)23-17-13-4-12-5-14(17)8-20(26,6-12)7-13/h3,9,12-14,17,26H,4-8,10H2,1-2H3,(H,23,25). The minimum atomic E-state index is -0.490. The molecule has 2 heterocycles. The second-order valence-electron chi connectivity index (χ2n) is 8.81. The molecule has 144 valence electrons. The molecule has 2 atom stereocenters. The number of amides is 1. The van der Waals surface area contributed by atoms with E-state index in [1.54, 1.807) is 17.8 Å². The van der Waals surface area contributed by atoms with Gasteiger partial charge in [0.2, 0.25) is 0 Å². The van der Waals surface area contributed by atoms with Gasteiger partial charge in [0.25, 0.3) is 5.91 Å². The SMILES string of the molecule is COCc1cc(C)n2ncc(C(=O)NC3C4CC5CC3CC(O)(C5)C4)c2n1. The number of hydrogen-bond acceptors (Lipinski definition) is 5. The van der Waals surface area contributed by atoms with Crippen molar-refractivity contribution >= 4 is 11.6 Å². The molecule has 1 amide bonds. The van der Waals surface area contributed by atoms with E-state index in [1.165, 1.54) is 0 Å². The summed E-state index contributed by atoms with van der Waals surface area (Å²) in [6, 6.07) is 2.07. The molecule has 4 aliphatic rings. The van der Waals surface area contributed by atoms with Crippen LogP contribution in [0, 0.1) is 24.7 Å². The summed E-state index contributed by atoms with van der Waals surface area (Å²) in [7, 11) is 1.63. The maximum Gasteiger partial charge on any atom is 0.257 e. The molecule has 4 fully saturated rings. The fourth-order valence-electron chi connectivity index (χ4n) is 6.01. The third kappa shape index (κ3) is 2.75. The molecule has 6 rings (SSSR count). The first-order valence-corrected chi connectivity index (χ1v) is 9.82. The number of aryl methyl sites for hydroxylation is 1. The second kappa shape index (κ2) is 6.01. The molecule has 4 aliphatic carbocycles. The van der Waals surface area contributed by atoms with Crippen molar-refractivity contribution in [3.05, 3.63) is 29.2 Å². The fraction of sp³-hybridized carbons (Fsp3) is 0.650. The predicted molar refractivity (Wildman–Crippen MR) is 98.2 cm³/mol. The first kappa shape index (κ1) is 17.1. The van der Waals surface area contributed by atoms with E-state index in [2.05, 4.69) is 15.4 Å². The molecule has 4 saturated carbocycles. The molecule has 2 aromatic rings. The van der Waals surface area contributed by atoms with Gasteiger partial charge in [0.05, 0.1) is 24.1 Å². The summed E-state index contributed by atoms with van der Waals surface area (Å²) in [6.07, 6.45) is 6.41. The molecule has 0 saturated heterocycles. The van der Waals surface area contributed by atoms with Crippen LogP contribution in [0.15, 0.2) is 12.3 Å². The third-order valence-electron chi connectivity index (χ3n) is 6.78. The van der Waals surface area contributed by atoms with Crippen molar-refractivity contribution in [1.82, 2.24) is 19.9 Å². The van der Waals surface area contributed by atoms with Crippen LogP contribution in [0.1, 0.15) is 53.8 Å². The summed E-state index contributed by atoms with van der Waals surface area (Å²) in [5.41, 5.74) is 2.29. The molecule has 0 radical (unpaired) electrons. The molecule has 0 spiro atoms. The highest BCUT2D eigenvalue weighted by molar-refractivity contribution is 5.99. The lowest BCUT2D eigenvalue weighted by atomic mass is 9.52. The van der Waals surface area contributed by atoms with Crippen LogP contribution in [0.25, 0.3) is 5.65 Å². The van der Waals surface area contributed by atoms with E-state index >= 15 is 0 Å². The van der Waals surface area contributed by atoms with Gasteiger partial charge in [-0.2, -0.15) is 5.10 Å². The lowest BCUT2D eigenvalue weighted by Crippen LogP contribution is -2.61. The minimum Gasteiger partial charge on any atom is -0.390 e. The second-order valence-corrected chi connectivity index (χ2v) is 8.81. The molecule has 7 nitrogen and oxygen atoms in total. The Morgan fingerprint density at radius 3 is 2.78 bits per heavy atom. The van der Waals surface area contributed by atoms with E-state index in [1.807, 2.05) is 13.0 Å². The predicted octanol–water partition coefficient (Wildman–Crippen LogP) is 1.85. The Morgan fingerprint density at radius 2 is 2.11 bits per heavy atom. The molecular weight excluding hydrogens is 344 g/mol. The Bertz CT molecular complexity index is 892. The van der Waals surface area contributed by atoms with Gasteiger partial charge in [-0.05, 0) is 62.8 Å². The summed E-state index contributed by atoms with van der Waals surface area (Å²) in [5.74, 6) is 1.27. The van der Waals surface area contributed by atoms with E-state index in [0.717, 1.165) is 43.5 Å². The number of aromatic nitrogens is 3. The smallest absolute Gasteiger partial charge is 0.257 e. The van der Waals surface area contributed by atoms with Gasteiger partial charge in [0, 0.05) is 18.8 Å². The van der Waals surface area contributed by atoms with Crippen molar-refractivity contribution in [1.29, 1.82) is 0 Å². The maximum absolute atomic E-state index is 13.1. The van der Waals surface area contributed by atoms with Crippen molar-refractivity contribution < 1.29 is 14.6 Å². The van der Waals surface area contributed by atoms with Gasteiger partial charge in [-0.15, -0.1) is 0 Å². The van der Waals surface area contributed by atoms with E-state index in [9.17, 15) is 9.90 Å².